The fraction of sp³-hybridized carbons (Fsp3) is 0.727. The first-order chi connectivity index (χ1) is 7.18. The lowest BCUT2D eigenvalue weighted by Gasteiger charge is -2.10. The van der Waals surface area contributed by atoms with Gasteiger partial charge in [0.05, 0.1) is 0 Å². The fourth-order valence-corrected chi connectivity index (χ4v) is 2.11. The van der Waals surface area contributed by atoms with Crippen LogP contribution in [0.5, 0.6) is 0 Å². The average Bonchev–Trinajstić information content (AvgIpc) is 2.78. The summed E-state index contributed by atoms with van der Waals surface area (Å²) >= 11 is 0. The lowest BCUT2D eigenvalue weighted by molar-refractivity contribution is 0.482. The van der Waals surface area contributed by atoms with E-state index >= 15 is 0 Å². The van der Waals surface area contributed by atoms with Gasteiger partial charge in [0.2, 0.25) is 0 Å². The van der Waals surface area contributed by atoms with Crippen molar-refractivity contribution in [2.75, 3.05) is 6.54 Å². The van der Waals surface area contributed by atoms with Crippen LogP contribution in [0, 0.1) is 0 Å². The molecule has 2 heterocycles. The van der Waals surface area contributed by atoms with Crippen molar-refractivity contribution in [1.29, 1.82) is 0 Å². The van der Waals surface area contributed by atoms with Crippen LogP contribution in [0.15, 0.2) is 17.2 Å². The monoisotopic (exact) mass is 209 g/mol. The summed E-state index contributed by atoms with van der Waals surface area (Å²) in [5.74, 6) is 0. The third-order valence-corrected chi connectivity index (χ3v) is 3.01. The first-order valence-electron chi connectivity index (χ1n) is 5.69. The smallest absolute Gasteiger partial charge is 0.312 e. The van der Waals surface area contributed by atoms with Gasteiger partial charge in [0, 0.05) is 31.0 Å². The number of imidazole rings is 1. The highest BCUT2D eigenvalue weighted by molar-refractivity contribution is 4.86. The van der Waals surface area contributed by atoms with Crippen LogP contribution in [0.3, 0.4) is 0 Å². The van der Waals surface area contributed by atoms with Crippen molar-refractivity contribution in [1.82, 2.24) is 14.5 Å². The maximum absolute atomic E-state index is 11.9. The van der Waals surface area contributed by atoms with E-state index in [9.17, 15) is 4.79 Å². The minimum absolute atomic E-state index is 0.110. The lowest BCUT2D eigenvalue weighted by atomic mass is 10.2. The SMILES string of the molecule is CC(C)n1ccn(C[C@H]2CCCN2)c1=O. The Morgan fingerprint density at radius 3 is 2.87 bits per heavy atom. The molecule has 0 aliphatic carbocycles. The summed E-state index contributed by atoms with van der Waals surface area (Å²) in [4.78, 5) is 11.9. The normalized spacial score (nSPS) is 21.4. The third-order valence-electron chi connectivity index (χ3n) is 3.01. The molecule has 0 unspecified atom stereocenters. The van der Waals surface area contributed by atoms with Crippen LogP contribution in [0.4, 0.5) is 0 Å². The van der Waals surface area contributed by atoms with E-state index in [-0.39, 0.29) is 11.7 Å². The lowest BCUT2D eigenvalue weighted by Crippen LogP contribution is -2.33. The molecular formula is C11H19N3O. The second-order valence-electron chi connectivity index (χ2n) is 4.53. The van der Waals surface area contributed by atoms with Crippen LogP contribution < -0.4 is 11.0 Å². The second-order valence-corrected chi connectivity index (χ2v) is 4.53. The van der Waals surface area contributed by atoms with Gasteiger partial charge in [-0.25, -0.2) is 4.79 Å². The Morgan fingerprint density at radius 2 is 2.33 bits per heavy atom. The minimum Gasteiger partial charge on any atom is -0.312 e. The summed E-state index contributed by atoms with van der Waals surface area (Å²) in [6.45, 7) is 5.95. The third kappa shape index (κ3) is 2.15. The van der Waals surface area contributed by atoms with Crippen LogP contribution in [0.2, 0.25) is 0 Å². The Balaban J connectivity index is 2.11. The van der Waals surface area contributed by atoms with Gasteiger partial charge in [0.15, 0.2) is 0 Å². The largest absolute Gasteiger partial charge is 0.328 e. The first-order valence-corrected chi connectivity index (χ1v) is 5.69. The molecule has 1 N–H and O–H groups in total. The number of hydrogen-bond acceptors (Lipinski definition) is 2. The quantitative estimate of drug-likeness (QED) is 0.806. The molecule has 4 heteroatoms. The molecule has 0 aromatic carbocycles. The van der Waals surface area contributed by atoms with E-state index in [1.165, 1.54) is 12.8 Å². The molecule has 15 heavy (non-hydrogen) atoms. The Hall–Kier alpha value is -1.03. The van der Waals surface area contributed by atoms with Crippen LogP contribution in [-0.4, -0.2) is 21.7 Å². The van der Waals surface area contributed by atoms with Crippen LogP contribution in [0.25, 0.3) is 0 Å². The molecule has 2 rings (SSSR count). The van der Waals surface area contributed by atoms with Gasteiger partial charge < -0.3 is 5.32 Å². The van der Waals surface area contributed by atoms with E-state index in [4.69, 9.17) is 0 Å². The predicted octanol–water partition coefficient (Wildman–Crippen LogP) is 0.983. The highest BCUT2D eigenvalue weighted by Crippen LogP contribution is 2.07. The van der Waals surface area contributed by atoms with Gasteiger partial charge in [-0.2, -0.15) is 0 Å². The highest BCUT2D eigenvalue weighted by Gasteiger charge is 2.16. The van der Waals surface area contributed by atoms with Gasteiger partial charge >= 0.3 is 5.69 Å². The van der Waals surface area contributed by atoms with Gasteiger partial charge in [-0.1, -0.05) is 0 Å². The Labute approximate surface area is 89.9 Å². The molecule has 1 atom stereocenters. The van der Waals surface area contributed by atoms with Crippen LogP contribution in [-0.2, 0) is 6.54 Å². The molecule has 0 amide bonds. The number of hydrogen-bond donors (Lipinski definition) is 1. The summed E-state index contributed by atoms with van der Waals surface area (Å²) in [5, 5.41) is 3.40. The van der Waals surface area contributed by atoms with Gasteiger partial charge in [0.1, 0.15) is 0 Å². The molecule has 1 aromatic heterocycles. The molecule has 84 valence electrons. The van der Waals surface area contributed by atoms with E-state index in [0.29, 0.717) is 6.04 Å². The zero-order valence-corrected chi connectivity index (χ0v) is 9.44. The van der Waals surface area contributed by atoms with E-state index in [1.54, 1.807) is 4.57 Å². The summed E-state index contributed by atoms with van der Waals surface area (Å²) < 4.78 is 3.58. The van der Waals surface area contributed by atoms with E-state index < -0.39 is 0 Å². The van der Waals surface area contributed by atoms with Crippen molar-refractivity contribution in [3.63, 3.8) is 0 Å². The molecule has 0 bridgehead atoms. The molecule has 1 aliphatic heterocycles. The molecule has 4 nitrogen and oxygen atoms in total. The summed E-state index contributed by atoms with van der Waals surface area (Å²) in [7, 11) is 0. The van der Waals surface area contributed by atoms with Gasteiger partial charge in [0.25, 0.3) is 0 Å². The molecular weight excluding hydrogens is 190 g/mol. The van der Waals surface area contributed by atoms with Crippen LogP contribution in [0.1, 0.15) is 32.7 Å². The molecule has 1 fully saturated rings. The van der Waals surface area contributed by atoms with Crippen molar-refractivity contribution in [3.8, 4) is 0 Å². The first kappa shape index (κ1) is 10.5. The molecule has 0 spiro atoms. The zero-order valence-electron chi connectivity index (χ0n) is 9.44. The fourth-order valence-electron chi connectivity index (χ4n) is 2.11. The van der Waals surface area contributed by atoms with Gasteiger partial charge in [-0.15, -0.1) is 0 Å². The van der Waals surface area contributed by atoms with Crippen molar-refractivity contribution in [2.24, 2.45) is 0 Å². The molecule has 1 aliphatic rings. The summed E-state index contributed by atoms with van der Waals surface area (Å²) in [5.41, 5.74) is 0.110. The number of aromatic nitrogens is 2. The zero-order chi connectivity index (χ0) is 10.8. The Bertz CT molecular complexity index is 371. The number of rotatable bonds is 3. The topological polar surface area (TPSA) is 39.0 Å². The minimum atomic E-state index is 0.110. The maximum Gasteiger partial charge on any atom is 0.328 e. The Morgan fingerprint density at radius 1 is 1.53 bits per heavy atom. The molecule has 1 saturated heterocycles. The summed E-state index contributed by atoms with van der Waals surface area (Å²) in [6, 6.07) is 0.723. The standard InChI is InChI=1S/C11H19N3O/c1-9(2)14-7-6-13(11(14)15)8-10-4-3-5-12-10/h6-7,9-10,12H,3-5,8H2,1-2H3/t10-/m1/s1. The Kier molecular flexibility index (Phi) is 2.95. The van der Waals surface area contributed by atoms with Crippen molar-refractivity contribution < 1.29 is 0 Å². The van der Waals surface area contributed by atoms with Crippen LogP contribution >= 0.6 is 0 Å². The summed E-state index contributed by atoms with van der Waals surface area (Å²) in [6.07, 6.45) is 6.17. The van der Waals surface area contributed by atoms with E-state index in [1.807, 2.05) is 30.8 Å². The van der Waals surface area contributed by atoms with Gasteiger partial charge in [-0.05, 0) is 33.2 Å². The highest BCUT2D eigenvalue weighted by atomic mass is 16.1. The molecule has 0 radical (unpaired) electrons. The average molecular weight is 209 g/mol. The second kappa shape index (κ2) is 4.23. The van der Waals surface area contributed by atoms with E-state index in [0.717, 1.165) is 13.1 Å². The van der Waals surface area contributed by atoms with Crippen molar-refractivity contribution in [3.05, 3.63) is 22.9 Å². The number of nitrogens with zero attached hydrogens (tertiary/aromatic N) is 2. The number of nitrogens with one attached hydrogen (secondary N) is 1. The molecule has 1 aromatic rings. The van der Waals surface area contributed by atoms with Gasteiger partial charge in [-0.3, -0.25) is 9.13 Å². The molecule has 0 saturated carbocycles. The van der Waals surface area contributed by atoms with Crippen molar-refractivity contribution in [2.45, 2.75) is 45.3 Å². The van der Waals surface area contributed by atoms with E-state index in [2.05, 4.69) is 5.32 Å². The predicted molar refractivity (Wildman–Crippen MR) is 60.1 cm³/mol. The maximum atomic E-state index is 11.9. The van der Waals surface area contributed by atoms with Crippen molar-refractivity contribution >= 4 is 0 Å².